The Labute approximate surface area is 131 Å². The monoisotopic (exact) mass is 317 g/mol. The lowest BCUT2D eigenvalue weighted by molar-refractivity contribution is -0.250. The summed E-state index contributed by atoms with van der Waals surface area (Å²) in [4.78, 5) is 2.34. The molecule has 0 aliphatic carbocycles. The fraction of sp³-hybridized carbons (Fsp3) is 1.00. The summed E-state index contributed by atoms with van der Waals surface area (Å²) < 4.78 is 34.0. The largest absolute Gasteiger partial charge is 0.385 e. The third-order valence-corrected chi connectivity index (χ3v) is 4.58. The normalized spacial score (nSPS) is 42.1. The van der Waals surface area contributed by atoms with Gasteiger partial charge in [-0.2, -0.15) is 0 Å². The van der Waals surface area contributed by atoms with E-state index in [4.69, 9.17) is 28.4 Å². The van der Waals surface area contributed by atoms with E-state index in [1.807, 2.05) is 6.92 Å². The minimum Gasteiger partial charge on any atom is -0.385 e. The molecule has 3 aliphatic rings. The summed E-state index contributed by atoms with van der Waals surface area (Å²) in [6.45, 7) is 4.92. The van der Waals surface area contributed by atoms with Gasteiger partial charge < -0.3 is 28.4 Å². The van der Waals surface area contributed by atoms with E-state index >= 15 is 0 Å². The zero-order valence-corrected chi connectivity index (χ0v) is 13.6. The van der Waals surface area contributed by atoms with Crippen LogP contribution in [0.25, 0.3) is 0 Å². The number of methoxy groups -OCH3 is 2. The lowest BCUT2D eigenvalue weighted by Gasteiger charge is -2.40. The Bertz CT molecular complexity index is 357. The fourth-order valence-corrected chi connectivity index (χ4v) is 3.55. The average molecular weight is 317 g/mol. The number of hydrogen-bond acceptors (Lipinski definition) is 7. The second-order valence-corrected chi connectivity index (χ2v) is 5.99. The van der Waals surface area contributed by atoms with Gasteiger partial charge in [0.1, 0.15) is 6.10 Å². The Hall–Kier alpha value is -0.280. The van der Waals surface area contributed by atoms with Crippen LogP contribution in [0.4, 0.5) is 0 Å². The molecule has 3 rings (SSSR count). The second kappa shape index (κ2) is 7.53. The van der Waals surface area contributed by atoms with Gasteiger partial charge in [0, 0.05) is 39.8 Å². The van der Waals surface area contributed by atoms with Crippen LogP contribution in [0, 0.1) is 0 Å². The predicted octanol–water partition coefficient (Wildman–Crippen LogP) is 0.573. The van der Waals surface area contributed by atoms with Gasteiger partial charge in [-0.25, -0.2) is 0 Å². The highest BCUT2D eigenvalue weighted by Crippen LogP contribution is 2.37. The average Bonchev–Trinajstić information content (AvgIpc) is 2.91. The molecule has 3 heterocycles. The van der Waals surface area contributed by atoms with E-state index in [9.17, 15) is 0 Å². The first-order valence-electron chi connectivity index (χ1n) is 8.06. The van der Waals surface area contributed by atoms with Crippen molar-refractivity contribution < 1.29 is 28.4 Å². The molecule has 7 nitrogen and oxygen atoms in total. The van der Waals surface area contributed by atoms with Crippen LogP contribution in [0.5, 0.6) is 0 Å². The minimum atomic E-state index is -0.326. The van der Waals surface area contributed by atoms with Gasteiger partial charge >= 0.3 is 0 Å². The van der Waals surface area contributed by atoms with Crippen LogP contribution >= 0.6 is 0 Å². The fourth-order valence-electron chi connectivity index (χ4n) is 3.55. The van der Waals surface area contributed by atoms with Gasteiger partial charge in [0.05, 0.1) is 19.3 Å². The Morgan fingerprint density at radius 2 is 2.05 bits per heavy atom. The topological polar surface area (TPSA) is 58.6 Å². The lowest BCUT2D eigenvalue weighted by atomic mass is 9.99. The molecule has 3 fully saturated rings. The van der Waals surface area contributed by atoms with Gasteiger partial charge in [0.15, 0.2) is 18.8 Å². The first kappa shape index (κ1) is 16.6. The maximum atomic E-state index is 6.15. The van der Waals surface area contributed by atoms with Gasteiger partial charge in [0.2, 0.25) is 0 Å². The first-order chi connectivity index (χ1) is 10.7. The van der Waals surface area contributed by atoms with Crippen molar-refractivity contribution in [3.63, 3.8) is 0 Å². The molecule has 0 unspecified atom stereocenters. The summed E-state index contributed by atoms with van der Waals surface area (Å²) in [5.74, 6) is 0. The molecule has 0 spiro atoms. The Balaban J connectivity index is 1.59. The smallest absolute Gasteiger partial charge is 0.197 e. The van der Waals surface area contributed by atoms with E-state index < -0.39 is 0 Å². The zero-order chi connectivity index (χ0) is 15.5. The predicted molar refractivity (Wildman–Crippen MR) is 77.3 cm³/mol. The van der Waals surface area contributed by atoms with Crippen molar-refractivity contribution >= 4 is 0 Å². The van der Waals surface area contributed by atoms with Crippen molar-refractivity contribution in [1.82, 2.24) is 4.90 Å². The summed E-state index contributed by atoms with van der Waals surface area (Å²) >= 11 is 0. The molecule has 0 N–H and O–H groups in total. The molecule has 0 amide bonds. The number of nitrogens with zero attached hydrogens (tertiary/aromatic N) is 1. The minimum absolute atomic E-state index is 0.00530. The molecular weight excluding hydrogens is 290 g/mol. The van der Waals surface area contributed by atoms with Crippen LogP contribution in [0.3, 0.4) is 0 Å². The summed E-state index contributed by atoms with van der Waals surface area (Å²) in [5.41, 5.74) is 0. The third kappa shape index (κ3) is 3.31. The molecule has 128 valence electrons. The zero-order valence-electron chi connectivity index (χ0n) is 13.6. The molecule has 3 saturated heterocycles. The highest BCUT2D eigenvalue weighted by atomic mass is 16.7. The van der Waals surface area contributed by atoms with Crippen molar-refractivity contribution in [3.8, 4) is 0 Å². The van der Waals surface area contributed by atoms with Crippen molar-refractivity contribution in [3.05, 3.63) is 0 Å². The van der Waals surface area contributed by atoms with Crippen LogP contribution in [0.2, 0.25) is 0 Å². The quantitative estimate of drug-likeness (QED) is 0.664. The molecular formula is C15H27NO6. The Kier molecular flexibility index (Phi) is 5.67. The molecule has 0 aromatic heterocycles. The van der Waals surface area contributed by atoms with E-state index in [1.54, 1.807) is 14.2 Å². The van der Waals surface area contributed by atoms with Crippen LogP contribution in [0.1, 0.15) is 19.8 Å². The van der Waals surface area contributed by atoms with E-state index in [0.717, 1.165) is 19.4 Å². The Morgan fingerprint density at radius 1 is 1.18 bits per heavy atom. The summed E-state index contributed by atoms with van der Waals surface area (Å²) in [7, 11) is 3.35. The third-order valence-electron chi connectivity index (χ3n) is 4.58. The maximum absolute atomic E-state index is 6.15. The van der Waals surface area contributed by atoms with Crippen LogP contribution in [-0.4, -0.2) is 82.5 Å². The molecule has 22 heavy (non-hydrogen) atoms. The van der Waals surface area contributed by atoms with Gasteiger partial charge in [-0.05, 0) is 13.3 Å². The van der Waals surface area contributed by atoms with Gasteiger partial charge in [-0.15, -0.1) is 0 Å². The number of ether oxygens (including phenoxy) is 6. The molecule has 0 aromatic rings. The Morgan fingerprint density at radius 3 is 2.82 bits per heavy atom. The molecule has 0 saturated carbocycles. The van der Waals surface area contributed by atoms with E-state index in [1.165, 1.54) is 0 Å². The number of morpholine rings is 1. The van der Waals surface area contributed by atoms with Gasteiger partial charge in [0.25, 0.3) is 0 Å². The summed E-state index contributed by atoms with van der Waals surface area (Å²) in [6.07, 6.45) is 1.08. The summed E-state index contributed by atoms with van der Waals surface area (Å²) in [5, 5.41) is 0. The number of rotatable bonds is 6. The molecule has 7 heteroatoms. The maximum Gasteiger partial charge on any atom is 0.197 e. The van der Waals surface area contributed by atoms with Crippen LogP contribution in [-0.2, 0) is 28.4 Å². The van der Waals surface area contributed by atoms with E-state index in [2.05, 4.69) is 4.90 Å². The van der Waals surface area contributed by atoms with E-state index in [-0.39, 0.29) is 31.0 Å². The van der Waals surface area contributed by atoms with Gasteiger partial charge in [-0.1, -0.05) is 0 Å². The van der Waals surface area contributed by atoms with Crippen molar-refractivity contribution in [2.45, 2.75) is 56.8 Å². The van der Waals surface area contributed by atoms with Crippen molar-refractivity contribution in [2.75, 3.05) is 40.6 Å². The van der Waals surface area contributed by atoms with Crippen molar-refractivity contribution in [2.24, 2.45) is 0 Å². The standard InChI is InChI=1S/C15H27NO6/c1-10-13-11(9-12(21-10)19-7-4-6-17-2)16-5-8-20-15(18-3)14(16)22-13/h10-15H,4-9H2,1-3H3/t10-,11-,12+,13+,14+,15-/m0/s1. The van der Waals surface area contributed by atoms with Crippen molar-refractivity contribution in [1.29, 1.82) is 0 Å². The highest BCUT2D eigenvalue weighted by molar-refractivity contribution is 4.97. The highest BCUT2D eigenvalue weighted by Gasteiger charge is 2.53. The number of fused-ring (bicyclic) bond motifs is 3. The molecule has 0 radical (unpaired) electrons. The molecule has 3 aliphatic heterocycles. The van der Waals surface area contributed by atoms with E-state index in [0.29, 0.717) is 25.9 Å². The summed E-state index contributed by atoms with van der Waals surface area (Å²) in [6, 6.07) is 0.294. The molecule has 0 aromatic carbocycles. The SMILES string of the molecule is COCCCO[C@H]1C[C@H]2[C@H](O[C@@H]3[C@@H](OC)OCCN32)[C@H](C)O1. The lowest BCUT2D eigenvalue weighted by Crippen LogP contribution is -2.54. The first-order valence-corrected chi connectivity index (χ1v) is 8.06. The van der Waals surface area contributed by atoms with Crippen LogP contribution < -0.4 is 0 Å². The van der Waals surface area contributed by atoms with Crippen LogP contribution in [0.15, 0.2) is 0 Å². The molecule has 6 atom stereocenters. The van der Waals surface area contributed by atoms with Gasteiger partial charge in [-0.3, -0.25) is 4.90 Å². The second-order valence-electron chi connectivity index (χ2n) is 5.99. The number of hydrogen-bond donors (Lipinski definition) is 0. The molecule has 0 bridgehead atoms.